The number of hydrogen-bond acceptors (Lipinski definition) is 7. The average molecular weight is 420 g/mol. The zero-order valence-electron chi connectivity index (χ0n) is 17.5. The Morgan fingerprint density at radius 2 is 2.17 bits per heavy atom. The molecular weight excluding hydrogens is 390 g/mol. The van der Waals surface area contributed by atoms with E-state index in [2.05, 4.69) is 35.4 Å². The molecule has 2 aromatic heterocycles. The van der Waals surface area contributed by atoms with E-state index in [1.165, 1.54) is 24.2 Å². The molecule has 1 unspecified atom stereocenters. The van der Waals surface area contributed by atoms with Crippen LogP contribution in [0.3, 0.4) is 0 Å². The number of ether oxygens (including phenoxy) is 1. The molecule has 1 atom stereocenters. The van der Waals surface area contributed by atoms with Gasteiger partial charge < -0.3 is 19.9 Å². The molecule has 158 valence electrons. The first kappa shape index (κ1) is 21.2. The number of esters is 1. The Morgan fingerprint density at radius 1 is 1.34 bits per heavy atom. The molecule has 29 heavy (non-hydrogen) atoms. The molecule has 0 aliphatic carbocycles. The van der Waals surface area contributed by atoms with Crippen LogP contribution in [0.5, 0.6) is 0 Å². The number of hydrogen-bond donors (Lipinski definition) is 2. The van der Waals surface area contributed by atoms with Gasteiger partial charge in [-0.2, -0.15) is 0 Å². The van der Waals surface area contributed by atoms with Crippen LogP contribution in [0.4, 0.5) is 0 Å². The van der Waals surface area contributed by atoms with Gasteiger partial charge in [-0.25, -0.2) is 9.78 Å². The predicted molar refractivity (Wildman–Crippen MR) is 112 cm³/mol. The topological polar surface area (TPSA) is 106 Å². The molecule has 0 spiro atoms. The highest BCUT2D eigenvalue weighted by Gasteiger charge is 2.20. The van der Waals surface area contributed by atoms with Crippen molar-refractivity contribution in [1.29, 1.82) is 0 Å². The second-order valence-electron chi connectivity index (χ2n) is 6.97. The molecule has 0 saturated carbocycles. The SMILES string of the molecule is CCOC(=O)c1sc(C(C)NC(=NC)NCc2nnc3n2CCCCC3)nc1C. The maximum absolute atomic E-state index is 12.0. The third kappa shape index (κ3) is 5.11. The van der Waals surface area contributed by atoms with Crippen LogP contribution in [0, 0.1) is 6.92 Å². The zero-order chi connectivity index (χ0) is 20.8. The van der Waals surface area contributed by atoms with Crippen molar-refractivity contribution < 1.29 is 9.53 Å². The first-order valence-electron chi connectivity index (χ1n) is 10.1. The van der Waals surface area contributed by atoms with Gasteiger partial charge in [-0.1, -0.05) is 6.42 Å². The molecule has 10 heteroatoms. The van der Waals surface area contributed by atoms with Gasteiger partial charge in [-0.15, -0.1) is 21.5 Å². The molecule has 0 saturated heterocycles. The molecule has 0 bridgehead atoms. The summed E-state index contributed by atoms with van der Waals surface area (Å²) >= 11 is 1.35. The van der Waals surface area contributed by atoms with Crippen molar-refractivity contribution in [3.8, 4) is 0 Å². The van der Waals surface area contributed by atoms with Crippen LogP contribution < -0.4 is 10.6 Å². The van der Waals surface area contributed by atoms with Gasteiger partial charge in [-0.05, 0) is 33.6 Å². The van der Waals surface area contributed by atoms with Gasteiger partial charge >= 0.3 is 5.97 Å². The van der Waals surface area contributed by atoms with Crippen molar-refractivity contribution in [2.45, 2.75) is 65.6 Å². The number of fused-ring (bicyclic) bond motifs is 1. The smallest absolute Gasteiger partial charge is 0.350 e. The van der Waals surface area contributed by atoms with Crippen LogP contribution in [0.1, 0.15) is 71.2 Å². The van der Waals surface area contributed by atoms with Gasteiger partial charge in [0.25, 0.3) is 0 Å². The predicted octanol–water partition coefficient (Wildman–Crippen LogP) is 2.37. The fourth-order valence-corrected chi connectivity index (χ4v) is 4.25. The summed E-state index contributed by atoms with van der Waals surface area (Å²) in [7, 11) is 1.73. The number of thiazole rings is 1. The van der Waals surface area contributed by atoms with Gasteiger partial charge in [0.15, 0.2) is 11.8 Å². The summed E-state index contributed by atoms with van der Waals surface area (Å²) in [5.41, 5.74) is 0.686. The fraction of sp³-hybridized carbons (Fsp3) is 0.632. The summed E-state index contributed by atoms with van der Waals surface area (Å²) < 4.78 is 7.31. The lowest BCUT2D eigenvalue weighted by Crippen LogP contribution is -2.38. The number of aliphatic imine (C=N–C) groups is 1. The largest absolute Gasteiger partial charge is 0.462 e. The van der Waals surface area contributed by atoms with Crippen LogP contribution >= 0.6 is 11.3 Å². The summed E-state index contributed by atoms with van der Waals surface area (Å²) in [6.07, 6.45) is 4.56. The number of aromatic nitrogens is 4. The third-order valence-corrected chi connectivity index (χ3v) is 6.14. The first-order chi connectivity index (χ1) is 14.0. The Bertz CT molecular complexity index is 874. The van der Waals surface area contributed by atoms with Gasteiger partial charge in [-0.3, -0.25) is 4.99 Å². The van der Waals surface area contributed by atoms with E-state index in [0.717, 1.165) is 36.0 Å². The second-order valence-corrected chi connectivity index (χ2v) is 8.00. The van der Waals surface area contributed by atoms with E-state index >= 15 is 0 Å². The number of nitrogens with one attached hydrogen (secondary N) is 2. The van der Waals surface area contributed by atoms with Crippen LogP contribution in [-0.4, -0.2) is 45.3 Å². The molecule has 3 rings (SSSR count). The monoisotopic (exact) mass is 419 g/mol. The van der Waals surface area contributed by atoms with Gasteiger partial charge in [0.1, 0.15) is 15.7 Å². The third-order valence-electron chi connectivity index (χ3n) is 4.82. The minimum absolute atomic E-state index is 0.108. The van der Waals surface area contributed by atoms with Crippen molar-refractivity contribution in [3.05, 3.63) is 27.2 Å². The maximum atomic E-state index is 12.0. The fourth-order valence-electron chi connectivity index (χ4n) is 3.29. The van der Waals surface area contributed by atoms with Crippen LogP contribution in [0.25, 0.3) is 0 Å². The summed E-state index contributed by atoms with van der Waals surface area (Å²) in [5, 5.41) is 16.1. The van der Waals surface area contributed by atoms with Crippen LogP contribution in [0.2, 0.25) is 0 Å². The summed E-state index contributed by atoms with van der Waals surface area (Å²) in [5.74, 6) is 2.32. The number of rotatable bonds is 6. The van der Waals surface area contributed by atoms with Crippen molar-refractivity contribution in [3.63, 3.8) is 0 Å². The molecule has 1 aliphatic heterocycles. The van der Waals surface area contributed by atoms with Crippen LogP contribution in [-0.2, 0) is 24.2 Å². The highest BCUT2D eigenvalue weighted by molar-refractivity contribution is 7.13. The highest BCUT2D eigenvalue weighted by Crippen LogP contribution is 2.24. The highest BCUT2D eigenvalue weighted by atomic mass is 32.1. The van der Waals surface area contributed by atoms with Crippen LogP contribution in [0.15, 0.2) is 4.99 Å². The lowest BCUT2D eigenvalue weighted by atomic mass is 10.2. The Kier molecular flexibility index (Phi) is 7.18. The Morgan fingerprint density at radius 3 is 2.93 bits per heavy atom. The molecule has 0 aromatic carbocycles. The van der Waals surface area contributed by atoms with Crippen molar-refractivity contribution in [1.82, 2.24) is 30.4 Å². The minimum Gasteiger partial charge on any atom is -0.462 e. The zero-order valence-corrected chi connectivity index (χ0v) is 18.3. The van der Waals surface area contributed by atoms with Gasteiger partial charge in [0.05, 0.1) is 24.9 Å². The lowest BCUT2D eigenvalue weighted by Gasteiger charge is -2.16. The summed E-state index contributed by atoms with van der Waals surface area (Å²) in [6.45, 7) is 7.47. The van der Waals surface area contributed by atoms with E-state index in [0.29, 0.717) is 29.7 Å². The molecule has 3 heterocycles. The molecule has 0 amide bonds. The van der Waals surface area contributed by atoms with E-state index in [-0.39, 0.29) is 12.0 Å². The molecule has 2 N–H and O–H groups in total. The number of nitrogens with zero attached hydrogens (tertiary/aromatic N) is 5. The van der Waals surface area contributed by atoms with E-state index in [4.69, 9.17) is 4.74 Å². The van der Waals surface area contributed by atoms with E-state index < -0.39 is 0 Å². The normalized spacial score (nSPS) is 15.4. The van der Waals surface area contributed by atoms with Gasteiger partial charge in [0, 0.05) is 20.0 Å². The molecule has 2 aromatic rings. The Hall–Kier alpha value is -2.49. The van der Waals surface area contributed by atoms with Gasteiger partial charge in [0.2, 0.25) is 0 Å². The molecule has 0 radical (unpaired) electrons. The van der Waals surface area contributed by atoms with Crippen molar-refractivity contribution in [2.75, 3.05) is 13.7 Å². The molecular formula is C19H29N7O2S. The minimum atomic E-state index is -0.323. The maximum Gasteiger partial charge on any atom is 0.350 e. The number of aryl methyl sites for hydroxylation is 2. The lowest BCUT2D eigenvalue weighted by molar-refractivity contribution is 0.0531. The Labute approximate surface area is 175 Å². The molecule has 1 aliphatic rings. The summed E-state index contributed by atoms with van der Waals surface area (Å²) in [4.78, 5) is 21.4. The molecule has 9 nitrogen and oxygen atoms in total. The first-order valence-corrected chi connectivity index (χ1v) is 10.9. The quantitative estimate of drug-likeness (QED) is 0.420. The van der Waals surface area contributed by atoms with E-state index in [1.807, 2.05) is 13.8 Å². The van der Waals surface area contributed by atoms with Crippen molar-refractivity contribution in [2.24, 2.45) is 4.99 Å². The van der Waals surface area contributed by atoms with E-state index in [1.54, 1.807) is 14.0 Å². The van der Waals surface area contributed by atoms with E-state index in [9.17, 15) is 4.79 Å². The van der Waals surface area contributed by atoms with Crippen molar-refractivity contribution >= 4 is 23.3 Å². The number of guanidine groups is 1. The number of carbonyl (C=O) groups excluding carboxylic acids is 1. The standard InChI is InChI=1S/C19H29N7O2S/c1-5-28-18(27)16-12(2)22-17(29-16)13(3)23-19(20-4)21-11-15-25-24-14-9-7-6-8-10-26(14)15/h13H,5-11H2,1-4H3,(H2,20,21,23). The number of carbonyl (C=O) groups is 1. The summed E-state index contributed by atoms with van der Waals surface area (Å²) in [6, 6.07) is -0.108. The Balaban J connectivity index is 1.61. The molecule has 0 fully saturated rings. The second kappa shape index (κ2) is 9.82. The average Bonchev–Trinajstić information content (AvgIpc) is 3.20.